The zero-order valence-corrected chi connectivity index (χ0v) is 19.0. The Balaban J connectivity index is 1.88. The lowest BCUT2D eigenvalue weighted by atomic mass is 9.85. The Morgan fingerprint density at radius 2 is 1.71 bits per heavy atom. The van der Waals surface area contributed by atoms with Gasteiger partial charge in [0.1, 0.15) is 0 Å². The summed E-state index contributed by atoms with van der Waals surface area (Å²) in [5.41, 5.74) is 9.42. The number of benzene rings is 2. The van der Waals surface area contributed by atoms with Crippen LogP contribution >= 0.6 is 0 Å². The van der Waals surface area contributed by atoms with Crippen molar-refractivity contribution >= 4 is 21.8 Å². The molecule has 2 N–H and O–H groups in total. The van der Waals surface area contributed by atoms with Crippen molar-refractivity contribution in [1.29, 1.82) is 0 Å². The molecule has 1 heterocycles. The molecular weight excluding hydrogens is 412 g/mol. The third-order valence-electron chi connectivity index (χ3n) is 6.25. The molecule has 31 heavy (non-hydrogen) atoms. The number of sulfonamides is 1. The highest BCUT2D eigenvalue weighted by atomic mass is 32.2. The zero-order chi connectivity index (χ0) is 22.0. The molecule has 1 atom stereocenters. The molecule has 0 saturated heterocycles. The number of ether oxygens (including phenoxy) is 2. The van der Waals surface area contributed by atoms with Gasteiger partial charge in [-0.2, -0.15) is 0 Å². The van der Waals surface area contributed by atoms with Crippen molar-refractivity contribution in [3.8, 4) is 11.5 Å². The SMILES string of the molecule is COc1cc2c3c(c1OC)CCCCCCCC3N(S(=O)(=O)c1ccc(N)cc1)C=C2. The van der Waals surface area contributed by atoms with Crippen LogP contribution < -0.4 is 15.2 Å². The molecule has 1 aliphatic heterocycles. The Kier molecular flexibility index (Phi) is 6.14. The van der Waals surface area contributed by atoms with Gasteiger partial charge in [0.25, 0.3) is 10.0 Å². The molecule has 0 fully saturated rings. The van der Waals surface area contributed by atoms with Crippen molar-refractivity contribution in [1.82, 2.24) is 4.31 Å². The van der Waals surface area contributed by atoms with Gasteiger partial charge in [-0.25, -0.2) is 8.42 Å². The number of nitrogen functional groups attached to an aromatic ring is 1. The Labute approximate surface area is 184 Å². The van der Waals surface area contributed by atoms with E-state index in [-0.39, 0.29) is 10.9 Å². The molecule has 166 valence electrons. The first kappa shape index (κ1) is 21.6. The van der Waals surface area contributed by atoms with Crippen molar-refractivity contribution in [2.45, 2.75) is 55.9 Å². The van der Waals surface area contributed by atoms with E-state index >= 15 is 0 Å². The van der Waals surface area contributed by atoms with Crippen LogP contribution in [0, 0.1) is 0 Å². The maximum absolute atomic E-state index is 13.6. The monoisotopic (exact) mass is 442 g/mol. The largest absolute Gasteiger partial charge is 0.493 e. The topological polar surface area (TPSA) is 81.9 Å². The van der Waals surface area contributed by atoms with E-state index in [0.29, 0.717) is 17.2 Å². The number of hydrogen-bond donors (Lipinski definition) is 1. The molecule has 2 aromatic carbocycles. The van der Waals surface area contributed by atoms with Crippen LogP contribution in [0.5, 0.6) is 11.5 Å². The number of methoxy groups -OCH3 is 2. The van der Waals surface area contributed by atoms with Gasteiger partial charge in [0.2, 0.25) is 0 Å². The first-order valence-corrected chi connectivity index (χ1v) is 12.3. The second-order valence-electron chi connectivity index (χ2n) is 8.14. The Bertz CT molecular complexity index is 1080. The molecule has 1 aliphatic carbocycles. The fourth-order valence-electron chi connectivity index (χ4n) is 4.72. The third-order valence-corrected chi connectivity index (χ3v) is 8.05. The first-order valence-electron chi connectivity index (χ1n) is 10.8. The molecule has 1 unspecified atom stereocenters. The lowest BCUT2D eigenvalue weighted by Gasteiger charge is -2.37. The smallest absolute Gasteiger partial charge is 0.264 e. The number of nitrogens with zero attached hydrogens (tertiary/aromatic N) is 1. The van der Waals surface area contributed by atoms with Crippen LogP contribution in [0.25, 0.3) is 6.08 Å². The second kappa shape index (κ2) is 8.83. The van der Waals surface area contributed by atoms with E-state index < -0.39 is 10.0 Å². The van der Waals surface area contributed by atoms with E-state index in [9.17, 15) is 8.42 Å². The maximum atomic E-state index is 13.6. The molecule has 0 spiro atoms. The van der Waals surface area contributed by atoms with Crippen LogP contribution in [0.1, 0.15) is 61.3 Å². The average Bonchev–Trinajstić information content (AvgIpc) is 2.77. The Morgan fingerprint density at radius 3 is 2.42 bits per heavy atom. The van der Waals surface area contributed by atoms with Gasteiger partial charge in [0.05, 0.1) is 25.2 Å². The number of hydrogen-bond acceptors (Lipinski definition) is 5. The van der Waals surface area contributed by atoms with E-state index in [1.54, 1.807) is 44.7 Å². The van der Waals surface area contributed by atoms with E-state index in [4.69, 9.17) is 15.2 Å². The van der Waals surface area contributed by atoms with Crippen LogP contribution in [0.2, 0.25) is 0 Å². The van der Waals surface area contributed by atoms with E-state index in [1.165, 1.54) is 4.31 Å². The molecule has 0 amide bonds. The second-order valence-corrected chi connectivity index (χ2v) is 9.98. The maximum Gasteiger partial charge on any atom is 0.264 e. The van der Waals surface area contributed by atoms with Gasteiger partial charge in [-0.15, -0.1) is 0 Å². The zero-order valence-electron chi connectivity index (χ0n) is 18.1. The minimum atomic E-state index is -3.73. The summed E-state index contributed by atoms with van der Waals surface area (Å²) in [5, 5.41) is 0. The molecule has 6 nitrogen and oxygen atoms in total. The summed E-state index contributed by atoms with van der Waals surface area (Å²) in [6.07, 6.45) is 10.6. The lowest BCUT2D eigenvalue weighted by Crippen LogP contribution is -2.33. The predicted molar refractivity (Wildman–Crippen MR) is 123 cm³/mol. The predicted octanol–water partition coefficient (Wildman–Crippen LogP) is 4.90. The number of rotatable bonds is 4. The van der Waals surface area contributed by atoms with Crippen LogP contribution in [0.3, 0.4) is 0 Å². The number of anilines is 1. The third kappa shape index (κ3) is 3.99. The summed E-state index contributed by atoms with van der Waals surface area (Å²) in [4.78, 5) is 0.244. The minimum Gasteiger partial charge on any atom is -0.493 e. The Morgan fingerprint density at radius 1 is 1.00 bits per heavy atom. The van der Waals surface area contributed by atoms with Crippen molar-refractivity contribution < 1.29 is 17.9 Å². The normalized spacial score (nSPS) is 18.9. The molecule has 2 aromatic rings. The summed E-state index contributed by atoms with van der Waals surface area (Å²) >= 11 is 0. The quantitative estimate of drug-likeness (QED) is 0.681. The summed E-state index contributed by atoms with van der Waals surface area (Å²) in [6, 6.07) is 8.08. The highest BCUT2D eigenvalue weighted by Gasteiger charge is 2.36. The van der Waals surface area contributed by atoms with Gasteiger partial charge in [0, 0.05) is 17.5 Å². The summed E-state index contributed by atoms with van der Waals surface area (Å²) in [5.74, 6) is 1.40. The van der Waals surface area contributed by atoms with E-state index in [0.717, 1.165) is 61.6 Å². The molecule has 4 rings (SSSR count). The van der Waals surface area contributed by atoms with Crippen molar-refractivity contribution in [2.75, 3.05) is 20.0 Å². The van der Waals surface area contributed by atoms with Crippen molar-refractivity contribution in [3.63, 3.8) is 0 Å². The standard InChI is InChI=1S/C24H30N2O4S/c1-29-22-16-17-14-15-26(31(27,28)19-12-10-18(25)11-13-19)21-9-7-5-3-4-6-8-20(23(17)21)24(22)30-2/h10-16,21H,3-9,25H2,1-2H3. The molecule has 7 heteroatoms. The fourth-order valence-corrected chi connectivity index (χ4v) is 6.21. The molecule has 0 saturated carbocycles. The highest BCUT2D eigenvalue weighted by Crippen LogP contribution is 2.47. The molecule has 0 radical (unpaired) electrons. The van der Waals surface area contributed by atoms with Crippen LogP contribution in [0.4, 0.5) is 5.69 Å². The van der Waals surface area contributed by atoms with Crippen LogP contribution in [-0.2, 0) is 16.4 Å². The van der Waals surface area contributed by atoms with Crippen molar-refractivity contribution in [2.24, 2.45) is 0 Å². The molecular formula is C24H30N2O4S. The van der Waals surface area contributed by atoms with Gasteiger partial charge in [-0.05, 0) is 66.8 Å². The molecule has 2 aliphatic rings. The van der Waals surface area contributed by atoms with Crippen molar-refractivity contribution in [3.05, 3.63) is 53.2 Å². The summed E-state index contributed by atoms with van der Waals surface area (Å²) in [7, 11) is -0.444. The van der Waals surface area contributed by atoms with Crippen LogP contribution in [-0.4, -0.2) is 26.9 Å². The summed E-state index contributed by atoms with van der Waals surface area (Å²) < 4.78 is 40.1. The average molecular weight is 443 g/mol. The van der Waals surface area contributed by atoms with Gasteiger partial charge < -0.3 is 15.2 Å². The van der Waals surface area contributed by atoms with E-state index in [2.05, 4.69) is 0 Å². The van der Waals surface area contributed by atoms with Gasteiger partial charge in [-0.1, -0.05) is 25.7 Å². The van der Waals surface area contributed by atoms with Gasteiger partial charge in [-0.3, -0.25) is 4.31 Å². The molecule has 0 aromatic heterocycles. The van der Waals surface area contributed by atoms with E-state index in [1.807, 2.05) is 12.1 Å². The summed E-state index contributed by atoms with van der Waals surface area (Å²) in [6.45, 7) is 0. The highest BCUT2D eigenvalue weighted by molar-refractivity contribution is 7.89. The van der Waals surface area contributed by atoms with Crippen LogP contribution in [0.15, 0.2) is 41.4 Å². The van der Waals surface area contributed by atoms with Gasteiger partial charge >= 0.3 is 0 Å². The first-order chi connectivity index (χ1) is 15.0. The Hall–Kier alpha value is -2.67. The molecule has 0 bridgehead atoms. The van der Waals surface area contributed by atoms with Gasteiger partial charge in [0.15, 0.2) is 11.5 Å². The fraction of sp³-hybridized carbons (Fsp3) is 0.417. The minimum absolute atomic E-state index is 0.244. The number of nitrogens with two attached hydrogens (primary N) is 1. The lowest BCUT2D eigenvalue weighted by molar-refractivity contribution is 0.338.